The average molecular weight is 287 g/mol. The fraction of sp³-hybridized carbons (Fsp3) is 0.250. The van der Waals surface area contributed by atoms with Crippen molar-refractivity contribution in [3.05, 3.63) is 46.7 Å². The van der Waals surface area contributed by atoms with Crippen molar-refractivity contribution in [1.29, 1.82) is 0 Å². The van der Waals surface area contributed by atoms with E-state index in [1.165, 1.54) is 12.0 Å². The molecular formula is C16H17NO4. The number of hydrogen-bond donors (Lipinski definition) is 0. The van der Waals surface area contributed by atoms with Crippen LogP contribution in [0.4, 0.5) is 0 Å². The van der Waals surface area contributed by atoms with Gasteiger partial charge in [0.1, 0.15) is 5.75 Å². The lowest BCUT2D eigenvalue weighted by Gasteiger charge is -2.09. The fourth-order valence-corrected chi connectivity index (χ4v) is 2.24. The summed E-state index contributed by atoms with van der Waals surface area (Å²) < 4.78 is 10.0. The topological polar surface area (TPSA) is 55.8 Å². The molecule has 1 amide bonds. The maximum Gasteiger partial charge on any atom is 0.340 e. The minimum absolute atomic E-state index is 0.237. The summed E-state index contributed by atoms with van der Waals surface area (Å²) in [5, 5.41) is 0. The second kappa shape index (κ2) is 5.83. The van der Waals surface area contributed by atoms with Gasteiger partial charge >= 0.3 is 5.97 Å². The quantitative estimate of drug-likeness (QED) is 0.630. The Hall–Kier alpha value is -2.56. The average Bonchev–Trinajstić information content (AvgIpc) is 2.71. The molecule has 0 saturated heterocycles. The van der Waals surface area contributed by atoms with Crippen molar-refractivity contribution in [2.24, 2.45) is 0 Å². The Labute approximate surface area is 123 Å². The first-order chi connectivity index (χ1) is 10.0. The van der Waals surface area contributed by atoms with Crippen molar-refractivity contribution in [2.75, 3.05) is 21.3 Å². The molecule has 110 valence electrons. The number of hydrogen-bond acceptors (Lipinski definition) is 4. The van der Waals surface area contributed by atoms with Gasteiger partial charge in [-0.25, -0.2) is 4.79 Å². The second-order valence-corrected chi connectivity index (χ2v) is 4.62. The number of likely N-dealkylation sites (N-methyl/N-ethyl adjacent to an activating group) is 1. The second-order valence-electron chi connectivity index (χ2n) is 4.62. The van der Waals surface area contributed by atoms with E-state index >= 15 is 0 Å². The van der Waals surface area contributed by atoms with Gasteiger partial charge in [0.15, 0.2) is 0 Å². The minimum Gasteiger partial charge on any atom is -0.496 e. The maximum absolute atomic E-state index is 12.3. The monoisotopic (exact) mass is 287 g/mol. The number of ether oxygens (including phenoxy) is 2. The normalized spacial score (nSPS) is 16.7. The minimum atomic E-state index is -0.522. The van der Waals surface area contributed by atoms with E-state index in [4.69, 9.17) is 9.47 Å². The first-order valence-corrected chi connectivity index (χ1v) is 6.43. The van der Waals surface area contributed by atoms with E-state index in [9.17, 15) is 9.59 Å². The van der Waals surface area contributed by atoms with Gasteiger partial charge in [-0.15, -0.1) is 0 Å². The van der Waals surface area contributed by atoms with E-state index in [1.807, 2.05) is 18.2 Å². The van der Waals surface area contributed by atoms with Crippen LogP contribution in [-0.4, -0.2) is 38.0 Å². The molecule has 1 aliphatic heterocycles. The van der Waals surface area contributed by atoms with Crippen molar-refractivity contribution in [1.82, 2.24) is 4.90 Å². The van der Waals surface area contributed by atoms with E-state index in [-0.39, 0.29) is 11.5 Å². The largest absolute Gasteiger partial charge is 0.496 e. The van der Waals surface area contributed by atoms with Gasteiger partial charge in [-0.3, -0.25) is 4.79 Å². The third kappa shape index (κ3) is 2.54. The third-order valence-electron chi connectivity index (χ3n) is 3.50. The van der Waals surface area contributed by atoms with Crippen molar-refractivity contribution in [3.63, 3.8) is 0 Å². The van der Waals surface area contributed by atoms with E-state index in [0.717, 1.165) is 5.56 Å². The molecule has 1 aromatic carbocycles. The molecule has 5 nitrogen and oxygen atoms in total. The maximum atomic E-state index is 12.3. The smallest absolute Gasteiger partial charge is 0.340 e. The highest BCUT2D eigenvalue weighted by molar-refractivity contribution is 6.16. The van der Waals surface area contributed by atoms with E-state index < -0.39 is 5.97 Å². The molecule has 0 aliphatic carbocycles. The van der Waals surface area contributed by atoms with Crippen molar-refractivity contribution in [2.45, 2.75) is 6.92 Å². The van der Waals surface area contributed by atoms with Crippen LogP contribution >= 0.6 is 0 Å². The summed E-state index contributed by atoms with van der Waals surface area (Å²) in [6.07, 6.45) is 1.65. The number of methoxy groups -OCH3 is 2. The zero-order chi connectivity index (χ0) is 15.6. The molecule has 0 N–H and O–H groups in total. The van der Waals surface area contributed by atoms with Crippen molar-refractivity contribution >= 4 is 18.0 Å². The third-order valence-corrected chi connectivity index (χ3v) is 3.50. The number of para-hydroxylation sites is 1. The van der Waals surface area contributed by atoms with Gasteiger partial charge in [0.05, 0.1) is 25.4 Å². The molecule has 21 heavy (non-hydrogen) atoms. The number of carbonyl (C=O) groups is 2. The summed E-state index contributed by atoms with van der Waals surface area (Å²) in [5.41, 5.74) is 1.91. The molecule has 0 bridgehead atoms. The van der Waals surface area contributed by atoms with Gasteiger partial charge < -0.3 is 14.4 Å². The van der Waals surface area contributed by atoms with Gasteiger partial charge in [-0.1, -0.05) is 18.2 Å². The SMILES string of the molecule is COC(=O)C1=C(C)N(C)C(=O)/C1=C\c1ccccc1OC. The van der Waals surface area contributed by atoms with E-state index in [1.54, 1.807) is 33.2 Å². The Bertz CT molecular complexity index is 658. The lowest BCUT2D eigenvalue weighted by Crippen LogP contribution is -2.19. The van der Waals surface area contributed by atoms with Crippen LogP contribution in [0.2, 0.25) is 0 Å². The first kappa shape index (κ1) is 14.8. The Morgan fingerprint density at radius 3 is 2.52 bits per heavy atom. The Kier molecular flexibility index (Phi) is 4.12. The number of allylic oxidation sites excluding steroid dienone is 1. The fourth-order valence-electron chi connectivity index (χ4n) is 2.24. The summed E-state index contributed by atoms with van der Waals surface area (Å²) in [4.78, 5) is 25.7. The van der Waals surface area contributed by atoms with E-state index in [2.05, 4.69) is 0 Å². The van der Waals surface area contributed by atoms with Crippen LogP contribution in [0, 0.1) is 0 Å². The Morgan fingerprint density at radius 1 is 1.24 bits per heavy atom. The summed E-state index contributed by atoms with van der Waals surface area (Å²) in [5.74, 6) is -0.126. The number of carbonyl (C=O) groups excluding carboxylic acids is 2. The summed E-state index contributed by atoms with van der Waals surface area (Å²) >= 11 is 0. The molecule has 0 fully saturated rings. The Morgan fingerprint density at radius 2 is 1.90 bits per heavy atom. The van der Waals surface area contributed by atoms with Crippen molar-refractivity contribution < 1.29 is 19.1 Å². The van der Waals surface area contributed by atoms with Crippen LogP contribution in [0.3, 0.4) is 0 Å². The van der Waals surface area contributed by atoms with Crippen LogP contribution in [0.5, 0.6) is 5.75 Å². The molecule has 0 aromatic heterocycles. The number of benzene rings is 1. The zero-order valence-corrected chi connectivity index (χ0v) is 12.5. The number of nitrogens with zero attached hydrogens (tertiary/aromatic N) is 1. The lowest BCUT2D eigenvalue weighted by atomic mass is 10.0. The molecule has 1 heterocycles. The van der Waals surface area contributed by atoms with Crippen LogP contribution in [0.25, 0.3) is 6.08 Å². The molecule has 0 unspecified atom stereocenters. The predicted octanol–water partition coefficient (Wildman–Crippen LogP) is 2.00. The highest BCUT2D eigenvalue weighted by Crippen LogP contribution is 2.32. The molecule has 0 radical (unpaired) electrons. The zero-order valence-electron chi connectivity index (χ0n) is 12.5. The van der Waals surface area contributed by atoms with Gasteiger partial charge in [0.2, 0.25) is 0 Å². The van der Waals surface area contributed by atoms with Gasteiger partial charge in [-0.05, 0) is 19.1 Å². The molecule has 5 heteroatoms. The number of amides is 1. The lowest BCUT2D eigenvalue weighted by molar-refractivity contribution is -0.136. The number of rotatable bonds is 3. The summed E-state index contributed by atoms with van der Waals surface area (Å²) in [6, 6.07) is 7.30. The molecular weight excluding hydrogens is 270 g/mol. The van der Waals surface area contributed by atoms with Gasteiger partial charge in [0.25, 0.3) is 5.91 Å². The Balaban J connectivity index is 2.57. The molecule has 0 spiro atoms. The van der Waals surface area contributed by atoms with Crippen LogP contribution in [0.1, 0.15) is 12.5 Å². The van der Waals surface area contributed by atoms with Gasteiger partial charge in [-0.2, -0.15) is 0 Å². The standard InChI is InChI=1S/C16H17NO4/c1-10-14(16(19)21-4)12(15(18)17(10)2)9-11-7-5-6-8-13(11)20-3/h5-9H,1-4H3/b12-9-. The molecule has 0 saturated carbocycles. The predicted molar refractivity (Wildman–Crippen MR) is 78.5 cm³/mol. The van der Waals surface area contributed by atoms with Crippen molar-refractivity contribution in [3.8, 4) is 5.75 Å². The molecule has 1 aromatic rings. The number of esters is 1. The summed E-state index contributed by atoms with van der Waals surface area (Å²) in [6.45, 7) is 1.72. The highest BCUT2D eigenvalue weighted by Gasteiger charge is 2.34. The van der Waals surface area contributed by atoms with Crippen LogP contribution < -0.4 is 4.74 Å². The molecule has 0 atom stereocenters. The van der Waals surface area contributed by atoms with Crippen LogP contribution in [-0.2, 0) is 14.3 Å². The van der Waals surface area contributed by atoms with Gasteiger partial charge in [0, 0.05) is 18.3 Å². The summed E-state index contributed by atoms with van der Waals surface area (Å²) in [7, 11) is 4.48. The molecule has 2 rings (SSSR count). The highest BCUT2D eigenvalue weighted by atomic mass is 16.5. The molecule has 1 aliphatic rings. The van der Waals surface area contributed by atoms with E-state index in [0.29, 0.717) is 17.0 Å². The first-order valence-electron chi connectivity index (χ1n) is 6.43. The van der Waals surface area contributed by atoms with Crippen LogP contribution in [0.15, 0.2) is 41.1 Å².